The molecular formula is C17H18ClNO. The molecule has 2 nitrogen and oxygen atoms in total. The van der Waals surface area contributed by atoms with Gasteiger partial charge in [-0.3, -0.25) is 4.99 Å². The first-order valence-electron chi connectivity index (χ1n) is 6.57. The molecule has 2 aromatic carbocycles. The molecule has 0 spiro atoms. The van der Waals surface area contributed by atoms with Crippen LogP contribution in [0.15, 0.2) is 47.5 Å². The number of aliphatic imine (C=N–C) groups is 1. The first-order valence-corrected chi connectivity index (χ1v) is 6.57. The molecule has 0 saturated carbocycles. The Hall–Kier alpha value is -1.80. The van der Waals surface area contributed by atoms with Crippen LogP contribution in [-0.4, -0.2) is 19.4 Å². The van der Waals surface area contributed by atoms with Crippen LogP contribution in [0.2, 0.25) is 0 Å². The molecule has 0 bridgehead atoms. The first kappa shape index (κ1) is 14.6. The molecule has 0 amide bonds. The fourth-order valence-electron chi connectivity index (χ4n) is 2.60. The molecule has 1 aliphatic heterocycles. The van der Waals surface area contributed by atoms with Crippen LogP contribution < -0.4 is 4.74 Å². The van der Waals surface area contributed by atoms with Crippen molar-refractivity contribution in [1.29, 1.82) is 0 Å². The summed E-state index contributed by atoms with van der Waals surface area (Å²) in [6.07, 6.45) is 1.02. The number of hydrogen-bond acceptors (Lipinski definition) is 2. The van der Waals surface area contributed by atoms with E-state index in [0.29, 0.717) is 0 Å². The largest absolute Gasteiger partial charge is 0.496 e. The molecule has 2 aromatic rings. The van der Waals surface area contributed by atoms with Gasteiger partial charge in [-0.25, -0.2) is 0 Å². The second-order valence-electron chi connectivity index (χ2n) is 4.84. The Kier molecular flexibility index (Phi) is 4.46. The van der Waals surface area contributed by atoms with Gasteiger partial charge in [0.05, 0.1) is 12.8 Å². The van der Waals surface area contributed by atoms with Gasteiger partial charge in [-0.2, -0.15) is 0 Å². The van der Waals surface area contributed by atoms with Crippen LogP contribution >= 0.6 is 12.4 Å². The average Bonchev–Trinajstić information content (AvgIpc) is 2.46. The minimum absolute atomic E-state index is 0. The summed E-state index contributed by atoms with van der Waals surface area (Å²) in [5, 5.41) is 0. The second kappa shape index (κ2) is 6.10. The summed E-state index contributed by atoms with van der Waals surface area (Å²) in [4.78, 5) is 4.72. The molecule has 3 rings (SSSR count). The minimum atomic E-state index is 0. The van der Waals surface area contributed by atoms with Crippen LogP contribution in [0, 0.1) is 6.92 Å². The zero-order valence-electron chi connectivity index (χ0n) is 11.7. The molecule has 0 aliphatic carbocycles. The number of hydrogen-bond donors (Lipinski definition) is 0. The fraction of sp³-hybridized carbons (Fsp3) is 0.235. The number of nitrogens with zero attached hydrogens (tertiary/aromatic N) is 1. The van der Waals surface area contributed by atoms with E-state index < -0.39 is 0 Å². The number of ether oxygens (including phenoxy) is 1. The Morgan fingerprint density at radius 2 is 1.85 bits per heavy atom. The Labute approximate surface area is 125 Å². The van der Waals surface area contributed by atoms with Crippen molar-refractivity contribution in [3.05, 3.63) is 64.7 Å². The smallest absolute Gasteiger partial charge is 0.128 e. The zero-order chi connectivity index (χ0) is 13.2. The zero-order valence-corrected chi connectivity index (χ0v) is 12.5. The molecule has 0 saturated heterocycles. The fourth-order valence-corrected chi connectivity index (χ4v) is 2.60. The van der Waals surface area contributed by atoms with Crippen molar-refractivity contribution >= 4 is 18.1 Å². The van der Waals surface area contributed by atoms with E-state index >= 15 is 0 Å². The van der Waals surface area contributed by atoms with Crippen LogP contribution in [-0.2, 0) is 6.42 Å². The third kappa shape index (κ3) is 2.56. The molecule has 0 aromatic heterocycles. The third-order valence-corrected chi connectivity index (χ3v) is 3.53. The van der Waals surface area contributed by atoms with Crippen LogP contribution in [0.1, 0.15) is 22.3 Å². The van der Waals surface area contributed by atoms with Crippen molar-refractivity contribution < 1.29 is 4.74 Å². The number of rotatable bonds is 2. The predicted octanol–water partition coefficient (Wildman–Crippen LogP) is 3.82. The molecule has 0 atom stereocenters. The van der Waals surface area contributed by atoms with Gasteiger partial charge in [0, 0.05) is 17.7 Å². The molecule has 20 heavy (non-hydrogen) atoms. The van der Waals surface area contributed by atoms with Crippen molar-refractivity contribution in [3.63, 3.8) is 0 Å². The van der Waals surface area contributed by atoms with E-state index in [9.17, 15) is 0 Å². The maximum absolute atomic E-state index is 5.46. The Bertz CT molecular complexity index is 649. The molecule has 0 unspecified atom stereocenters. The highest BCUT2D eigenvalue weighted by Gasteiger charge is 2.18. The van der Waals surface area contributed by atoms with Crippen molar-refractivity contribution in [1.82, 2.24) is 0 Å². The lowest BCUT2D eigenvalue weighted by molar-refractivity contribution is 0.414. The van der Waals surface area contributed by atoms with Crippen LogP contribution in [0.25, 0.3) is 0 Å². The van der Waals surface area contributed by atoms with E-state index in [0.717, 1.165) is 30.0 Å². The summed E-state index contributed by atoms with van der Waals surface area (Å²) in [6, 6.07) is 14.7. The van der Waals surface area contributed by atoms with Crippen molar-refractivity contribution in [3.8, 4) is 5.75 Å². The summed E-state index contributed by atoms with van der Waals surface area (Å²) >= 11 is 0. The predicted molar refractivity (Wildman–Crippen MR) is 85.6 cm³/mol. The van der Waals surface area contributed by atoms with Crippen molar-refractivity contribution in [2.75, 3.05) is 13.7 Å². The van der Waals surface area contributed by atoms with Crippen molar-refractivity contribution in [2.45, 2.75) is 13.3 Å². The van der Waals surface area contributed by atoms with Gasteiger partial charge in [-0.15, -0.1) is 12.4 Å². The molecule has 0 N–H and O–H groups in total. The number of para-hydroxylation sites is 1. The summed E-state index contributed by atoms with van der Waals surface area (Å²) < 4.78 is 5.46. The number of fused-ring (bicyclic) bond motifs is 1. The van der Waals surface area contributed by atoms with Gasteiger partial charge in [0.1, 0.15) is 5.75 Å². The van der Waals surface area contributed by atoms with E-state index in [1.165, 1.54) is 16.7 Å². The van der Waals surface area contributed by atoms with E-state index in [4.69, 9.17) is 9.73 Å². The lowest BCUT2D eigenvalue weighted by atomic mass is 9.92. The van der Waals surface area contributed by atoms with Gasteiger partial charge in [-0.05, 0) is 31.0 Å². The highest BCUT2D eigenvalue weighted by atomic mass is 35.5. The van der Waals surface area contributed by atoms with E-state index in [2.05, 4.69) is 31.2 Å². The van der Waals surface area contributed by atoms with Crippen LogP contribution in [0.3, 0.4) is 0 Å². The lowest BCUT2D eigenvalue weighted by Gasteiger charge is -2.19. The molecule has 1 aliphatic rings. The van der Waals surface area contributed by atoms with Gasteiger partial charge < -0.3 is 4.74 Å². The Balaban J connectivity index is 0.00000147. The Morgan fingerprint density at radius 1 is 1.05 bits per heavy atom. The standard InChI is InChI=1S/C17H17NO.ClH/c1-12-7-8-14-13(11-12)9-10-18-17(14)15-5-3-4-6-16(15)19-2;/h3-8,11H,9-10H2,1-2H3;1H. The Morgan fingerprint density at radius 3 is 2.65 bits per heavy atom. The summed E-state index contributed by atoms with van der Waals surface area (Å²) in [6.45, 7) is 2.98. The number of benzene rings is 2. The molecule has 3 heteroatoms. The van der Waals surface area contributed by atoms with Crippen molar-refractivity contribution in [2.24, 2.45) is 4.99 Å². The molecule has 0 fully saturated rings. The highest BCUT2D eigenvalue weighted by Crippen LogP contribution is 2.26. The minimum Gasteiger partial charge on any atom is -0.496 e. The van der Waals surface area contributed by atoms with Gasteiger partial charge >= 0.3 is 0 Å². The summed E-state index contributed by atoms with van der Waals surface area (Å²) in [5.74, 6) is 0.884. The van der Waals surface area contributed by atoms with Gasteiger partial charge in [-0.1, -0.05) is 35.9 Å². The molecule has 0 radical (unpaired) electrons. The first-order chi connectivity index (χ1) is 9.29. The monoisotopic (exact) mass is 287 g/mol. The summed E-state index contributed by atoms with van der Waals surface area (Å²) in [5.41, 5.74) is 6.06. The van der Waals surface area contributed by atoms with Gasteiger partial charge in [0.2, 0.25) is 0 Å². The number of aryl methyl sites for hydroxylation is 1. The lowest BCUT2D eigenvalue weighted by Crippen LogP contribution is -2.15. The topological polar surface area (TPSA) is 21.6 Å². The quantitative estimate of drug-likeness (QED) is 0.823. The van der Waals surface area contributed by atoms with E-state index in [-0.39, 0.29) is 12.4 Å². The number of halogens is 1. The van der Waals surface area contributed by atoms with E-state index in [1.807, 2.05) is 18.2 Å². The average molecular weight is 288 g/mol. The summed E-state index contributed by atoms with van der Waals surface area (Å²) in [7, 11) is 1.71. The second-order valence-corrected chi connectivity index (χ2v) is 4.84. The molecule has 1 heterocycles. The highest BCUT2D eigenvalue weighted by molar-refractivity contribution is 6.15. The SMILES string of the molecule is COc1ccccc1C1=NCCc2cc(C)ccc21.Cl. The molecular weight excluding hydrogens is 270 g/mol. The van der Waals surface area contributed by atoms with E-state index in [1.54, 1.807) is 7.11 Å². The maximum Gasteiger partial charge on any atom is 0.128 e. The van der Waals surface area contributed by atoms with Crippen LogP contribution in [0.4, 0.5) is 0 Å². The molecule has 104 valence electrons. The third-order valence-electron chi connectivity index (χ3n) is 3.53. The number of methoxy groups -OCH3 is 1. The normalized spacial score (nSPS) is 13.0. The van der Waals surface area contributed by atoms with Gasteiger partial charge in [0.25, 0.3) is 0 Å². The van der Waals surface area contributed by atoms with Gasteiger partial charge in [0.15, 0.2) is 0 Å². The maximum atomic E-state index is 5.46. The van der Waals surface area contributed by atoms with Crippen LogP contribution in [0.5, 0.6) is 5.75 Å².